The Bertz CT molecular complexity index is 923. The molecule has 7 nitrogen and oxygen atoms in total. The number of carbonyl (C=O) groups excluding carboxylic acids is 1. The highest BCUT2D eigenvalue weighted by atomic mass is 32.2. The van der Waals surface area contributed by atoms with Crippen LogP contribution in [0.2, 0.25) is 0 Å². The van der Waals surface area contributed by atoms with Crippen LogP contribution in [-0.2, 0) is 18.8 Å². The fraction of sp³-hybridized carbons (Fsp3) is 0.389. The molecule has 1 aliphatic heterocycles. The smallest absolute Gasteiger partial charge is 0.297 e. The summed E-state index contributed by atoms with van der Waals surface area (Å²) in [7, 11) is 1.87. The third-order valence-corrected chi connectivity index (χ3v) is 5.69. The second-order valence-corrected chi connectivity index (χ2v) is 7.61. The lowest BCUT2D eigenvalue weighted by Crippen LogP contribution is -2.33. The Morgan fingerprint density at radius 3 is 2.77 bits per heavy atom. The normalized spacial score (nSPS) is 15.7. The minimum atomic E-state index is -0.615. The highest BCUT2D eigenvalue weighted by Crippen LogP contribution is 2.31. The van der Waals surface area contributed by atoms with Crippen LogP contribution in [0.15, 0.2) is 34.0 Å². The monoisotopic (exact) mass is 374 g/mol. The van der Waals surface area contributed by atoms with Crippen LogP contribution in [0, 0.1) is 0 Å². The standard InChI is InChI=1S/C18H22N4O3S/c1-18(2)17-20-13(14(23)16(25)22(17)10-21(18)3)15(24)19-9-11-7-5-6-8-12(11)26-4/h5-8,23H,9-10H2,1-4H3,(H,19,24). The molecule has 26 heavy (non-hydrogen) atoms. The quantitative estimate of drug-likeness (QED) is 0.793. The van der Waals surface area contributed by atoms with Gasteiger partial charge in [-0.2, -0.15) is 0 Å². The zero-order chi connectivity index (χ0) is 19.1. The van der Waals surface area contributed by atoms with Gasteiger partial charge in [0.05, 0.1) is 12.2 Å². The molecule has 1 aromatic heterocycles. The molecule has 1 amide bonds. The van der Waals surface area contributed by atoms with Crippen molar-refractivity contribution in [1.29, 1.82) is 0 Å². The molecule has 2 N–H and O–H groups in total. The molecule has 8 heteroatoms. The molecule has 1 aromatic carbocycles. The summed E-state index contributed by atoms with van der Waals surface area (Å²) >= 11 is 1.59. The third-order valence-electron chi connectivity index (χ3n) is 4.85. The summed E-state index contributed by atoms with van der Waals surface area (Å²) in [6.45, 7) is 4.46. The average molecular weight is 374 g/mol. The summed E-state index contributed by atoms with van der Waals surface area (Å²) in [6, 6.07) is 7.73. The molecule has 2 heterocycles. The van der Waals surface area contributed by atoms with E-state index in [0.717, 1.165) is 10.5 Å². The van der Waals surface area contributed by atoms with E-state index in [0.29, 0.717) is 19.0 Å². The molecule has 0 radical (unpaired) electrons. The molecule has 1 aliphatic rings. The van der Waals surface area contributed by atoms with Crippen LogP contribution in [0.25, 0.3) is 0 Å². The van der Waals surface area contributed by atoms with E-state index in [2.05, 4.69) is 10.3 Å². The van der Waals surface area contributed by atoms with E-state index in [4.69, 9.17) is 0 Å². The first-order chi connectivity index (χ1) is 12.3. The molecule has 2 aromatic rings. The summed E-state index contributed by atoms with van der Waals surface area (Å²) in [5.74, 6) is -0.711. The van der Waals surface area contributed by atoms with Gasteiger partial charge in [0, 0.05) is 11.4 Å². The van der Waals surface area contributed by atoms with Crippen molar-refractivity contribution in [2.75, 3.05) is 13.3 Å². The van der Waals surface area contributed by atoms with Gasteiger partial charge in [-0.3, -0.25) is 19.1 Å². The number of nitrogens with zero attached hydrogens (tertiary/aromatic N) is 3. The van der Waals surface area contributed by atoms with Crippen molar-refractivity contribution < 1.29 is 9.90 Å². The van der Waals surface area contributed by atoms with E-state index in [1.165, 1.54) is 4.57 Å². The van der Waals surface area contributed by atoms with Crippen LogP contribution in [0.3, 0.4) is 0 Å². The van der Waals surface area contributed by atoms with Crippen molar-refractivity contribution in [1.82, 2.24) is 19.8 Å². The maximum Gasteiger partial charge on any atom is 0.297 e. The van der Waals surface area contributed by atoms with Crippen molar-refractivity contribution in [3.8, 4) is 5.75 Å². The zero-order valence-electron chi connectivity index (χ0n) is 15.2. The maximum absolute atomic E-state index is 12.6. The molecule has 0 aliphatic carbocycles. The molecule has 0 fully saturated rings. The number of aromatic nitrogens is 2. The molecule has 138 valence electrons. The summed E-state index contributed by atoms with van der Waals surface area (Å²) in [5.41, 5.74) is -0.369. The Kier molecular flexibility index (Phi) is 4.81. The Hall–Kier alpha value is -2.32. The topological polar surface area (TPSA) is 87.5 Å². The largest absolute Gasteiger partial charge is 0.501 e. The van der Waals surface area contributed by atoms with Gasteiger partial charge in [0.1, 0.15) is 5.82 Å². The van der Waals surface area contributed by atoms with Gasteiger partial charge in [-0.05, 0) is 38.8 Å². The van der Waals surface area contributed by atoms with Crippen molar-refractivity contribution in [2.45, 2.75) is 37.5 Å². The number of amides is 1. The van der Waals surface area contributed by atoms with Crippen LogP contribution < -0.4 is 10.9 Å². The van der Waals surface area contributed by atoms with E-state index in [9.17, 15) is 14.7 Å². The summed E-state index contributed by atoms with van der Waals surface area (Å²) in [5, 5.41) is 13.0. The Morgan fingerprint density at radius 1 is 1.38 bits per heavy atom. The summed E-state index contributed by atoms with van der Waals surface area (Å²) in [4.78, 5) is 32.4. The van der Waals surface area contributed by atoms with Crippen LogP contribution in [0.4, 0.5) is 0 Å². The van der Waals surface area contributed by atoms with E-state index < -0.39 is 22.8 Å². The first-order valence-corrected chi connectivity index (χ1v) is 9.45. The van der Waals surface area contributed by atoms with Crippen molar-refractivity contribution in [2.24, 2.45) is 0 Å². The lowest BCUT2D eigenvalue weighted by molar-refractivity contribution is 0.0941. The lowest BCUT2D eigenvalue weighted by Gasteiger charge is -2.25. The van der Waals surface area contributed by atoms with Crippen molar-refractivity contribution in [3.63, 3.8) is 0 Å². The predicted octanol–water partition coefficient (Wildman–Crippen LogP) is 1.74. The fourth-order valence-corrected chi connectivity index (χ4v) is 3.59. The Labute approximate surface area is 156 Å². The van der Waals surface area contributed by atoms with Gasteiger partial charge >= 0.3 is 0 Å². The molecule has 3 rings (SSSR count). The number of nitrogens with one attached hydrogen (secondary N) is 1. The molecule has 0 spiro atoms. The summed E-state index contributed by atoms with van der Waals surface area (Å²) in [6.07, 6.45) is 1.97. The molecule has 0 saturated heterocycles. The molecule has 0 bridgehead atoms. The van der Waals surface area contributed by atoms with Crippen LogP contribution in [0.5, 0.6) is 5.75 Å². The Morgan fingerprint density at radius 2 is 2.08 bits per heavy atom. The van der Waals surface area contributed by atoms with E-state index in [-0.39, 0.29) is 5.69 Å². The van der Waals surface area contributed by atoms with Gasteiger partial charge in [0.25, 0.3) is 11.5 Å². The van der Waals surface area contributed by atoms with E-state index >= 15 is 0 Å². The maximum atomic E-state index is 12.6. The van der Waals surface area contributed by atoms with Crippen molar-refractivity contribution >= 4 is 17.7 Å². The molecular weight excluding hydrogens is 352 g/mol. The Balaban J connectivity index is 1.90. The zero-order valence-corrected chi connectivity index (χ0v) is 16.1. The van der Waals surface area contributed by atoms with Gasteiger partial charge < -0.3 is 10.4 Å². The minimum absolute atomic E-state index is 0.230. The van der Waals surface area contributed by atoms with Gasteiger partial charge in [-0.15, -0.1) is 11.8 Å². The fourth-order valence-electron chi connectivity index (χ4n) is 2.97. The number of carbonyl (C=O) groups is 1. The van der Waals surface area contributed by atoms with E-state index in [1.807, 2.05) is 56.3 Å². The molecule has 0 unspecified atom stereocenters. The summed E-state index contributed by atoms with van der Waals surface area (Å²) < 4.78 is 1.40. The van der Waals surface area contributed by atoms with Crippen molar-refractivity contribution in [3.05, 3.63) is 51.7 Å². The van der Waals surface area contributed by atoms with E-state index in [1.54, 1.807) is 11.8 Å². The van der Waals surface area contributed by atoms with Crippen LogP contribution in [-0.4, -0.2) is 38.8 Å². The van der Waals surface area contributed by atoms with Crippen LogP contribution in [0.1, 0.15) is 35.7 Å². The number of aromatic hydroxyl groups is 1. The van der Waals surface area contributed by atoms with Crippen LogP contribution >= 0.6 is 11.8 Å². The predicted molar refractivity (Wildman–Crippen MR) is 100 cm³/mol. The van der Waals surface area contributed by atoms with Gasteiger partial charge in [0.2, 0.25) is 5.75 Å². The first-order valence-electron chi connectivity index (χ1n) is 8.23. The second kappa shape index (κ2) is 6.77. The molecule has 0 saturated carbocycles. The first kappa shape index (κ1) is 18.5. The van der Waals surface area contributed by atoms with Gasteiger partial charge in [-0.25, -0.2) is 4.98 Å². The third kappa shape index (κ3) is 2.99. The SMILES string of the molecule is CSc1ccccc1CNC(=O)c1nc2n(c(=O)c1O)CN(C)C2(C)C. The molecule has 0 atom stereocenters. The lowest BCUT2D eigenvalue weighted by atomic mass is 10.0. The molecular formula is C18H22N4O3S. The highest BCUT2D eigenvalue weighted by molar-refractivity contribution is 7.98. The second-order valence-electron chi connectivity index (χ2n) is 6.76. The number of thioether (sulfide) groups is 1. The number of fused-ring (bicyclic) bond motifs is 1. The number of hydrogen-bond donors (Lipinski definition) is 2. The van der Waals surface area contributed by atoms with Gasteiger partial charge in [-0.1, -0.05) is 18.2 Å². The number of hydrogen-bond acceptors (Lipinski definition) is 6. The minimum Gasteiger partial charge on any atom is -0.501 e. The number of rotatable bonds is 4. The van der Waals surface area contributed by atoms with Gasteiger partial charge in [0.15, 0.2) is 5.69 Å². The average Bonchev–Trinajstić information content (AvgIpc) is 2.85. The highest BCUT2D eigenvalue weighted by Gasteiger charge is 2.39. The number of benzene rings is 1.